The number of anilines is 1. The summed E-state index contributed by atoms with van der Waals surface area (Å²) in [6, 6.07) is 8.21. The second-order valence-electron chi connectivity index (χ2n) is 5.67. The molecule has 0 radical (unpaired) electrons. The largest absolute Gasteiger partial charge is 0.392 e. The van der Waals surface area contributed by atoms with Gasteiger partial charge in [-0.25, -0.2) is 0 Å². The van der Waals surface area contributed by atoms with Crippen molar-refractivity contribution in [3.8, 4) is 0 Å². The molecule has 0 bridgehead atoms. The van der Waals surface area contributed by atoms with Crippen LogP contribution in [0.4, 0.5) is 5.69 Å². The van der Waals surface area contributed by atoms with Crippen LogP contribution >= 0.6 is 12.2 Å². The SMILES string of the molecule is Cc1ccccc1NC(=O)CN(CC(N)=S)C1CCCC1. The van der Waals surface area contributed by atoms with Gasteiger partial charge in [0, 0.05) is 18.3 Å². The summed E-state index contributed by atoms with van der Waals surface area (Å²) in [7, 11) is 0. The Bertz CT molecular complexity index is 512. The van der Waals surface area contributed by atoms with E-state index in [4.69, 9.17) is 18.0 Å². The average Bonchev–Trinajstić information content (AvgIpc) is 2.94. The molecule has 1 aromatic carbocycles. The highest BCUT2D eigenvalue weighted by Gasteiger charge is 2.24. The number of carbonyl (C=O) groups is 1. The minimum atomic E-state index is -0.00699. The van der Waals surface area contributed by atoms with Gasteiger partial charge in [-0.2, -0.15) is 0 Å². The summed E-state index contributed by atoms with van der Waals surface area (Å²) in [6.45, 7) is 2.84. The van der Waals surface area contributed by atoms with Crippen molar-refractivity contribution in [1.82, 2.24) is 4.90 Å². The molecule has 3 N–H and O–H groups in total. The van der Waals surface area contributed by atoms with Crippen molar-refractivity contribution in [2.45, 2.75) is 38.6 Å². The summed E-state index contributed by atoms with van der Waals surface area (Å²) in [5.41, 5.74) is 7.60. The zero-order valence-corrected chi connectivity index (χ0v) is 13.3. The van der Waals surface area contributed by atoms with Crippen molar-refractivity contribution in [2.24, 2.45) is 5.73 Å². The number of benzene rings is 1. The molecule has 0 heterocycles. The first-order valence-corrected chi connectivity index (χ1v) is 7.85. The van der Waals surface area contributed by atoms with Crippen molar-refractivity contribution < 1.29 is 4.79 Å². The van der Waals surface area contributed by atoms with Crippen LogP contribution in [0.5, 0.6) is 0 Å². The molecular formula is C16H23N3OS. The van der Waals surface area contributed by atoms with Crippen molar-refractivity contribution in [3.63, 3.8) is 0 Å². The Hall–Kier alpha value is -1.46. The molecule has 1 aliphatic carbocycles. The van der Waals surface area contributed by atoms with E-state index in [1.54, 1.807) is 0 Å². The van der Waals surface area contributed by atoms with E-state index in [0.717, 1.165) is 24.1 Å². The van der Waals surface area contributed by atoms with Gasteiger partial charge in [-0.1, -0.05) is 43.3 Å². The van der Waals surface area contributed by atoms with Crippen LogP contribution in [0, 0.1) is 6.92 Å². The van der Waals surface area contributed by atoms with Gasteiger partial charge >= 0.3 is 0 Å². The monoisotopic (exact) mass is 305 g/mol. The highest BCUT2D eigenvalue weighted by atomic mass is 32.1. The lowest BCUT2D eigenvalue weighted by Crippen LogP contribution is -2.43. The molecule has 0 unspecified atom stereocenters. The van der Waals surface area contributed by atoms with Gasteiger partial charge in [0.05, 0.1) is 11.5 Å². The molecule has 1 saturated carbocycles. The fraction of sp³-hybridized carbons (Fsp3) is 0.500. The third kappa shape index (κ3) is 4.79. The fourth-order valence-electron chi connectivity index (χ4n) is 2.87. The summed E-state index contributed by atoms with van der Waals surface area (Å²) < 4.78 is 0. The van der Waals surface area contributed by atoms with Crippen LogP contribution in [-0.2, 0) is 4.79 Å². The lowest BCUT2D eigenvalue weighted by atomic mass is 10.2. The van der Waals surface area contributed by atoms with Crippen LogP contribution in [-0.4, -0.2) is 34.9 Å². The van der Waals surface area contributed by atoms with E-state index in [9.17, 15) is 4.79 Å². The van der Waals surface area contributed by atoms with Crippen LogP contribution in [0.15, 0.2) is 24.3 Å². The molecule has 1 fully saturated rings. The molecule has 5 heteroatoms. The topological polar surface area (TPSA) is 58.4 Å². The molecule has 1 amide bonds. The van der Waals surface area contributed by atoms with Gasteiger partial charge in [-0.05, 0) is 31.4 Å². The molecule has 1 aliphatic rings. The number of nitrogens with one attached hydrogen (secondary N) is 1. The van der Waals surface area contributed by atoms with E-state index in [1.807, 2.05) is 31.2 Å². The number of thiocarbonyl (C=S) groups is 1. The molecule has 0 spiro atoms. The number of hydrogen-bond acceptors (Lipinski definition) is 3. The molecule has 0 atom stereocenters. The van der Waals surface area contributed by atoms with Crippen LogP contribution in [0.1, 0.15) is 31.2 Å². The first-order chi connectivity index (χ1) is 10.1. The third-order valence-electron chi connectivity index (χ3n) is 3.97. The number of nitrogens with two attached hydrogens (primary N) is 1. The molecule has 0 aliphatic heterocycles. The Morgan fingerprint density at radius 2 is 2.00 bits per heavy atom. The van der Waals surface area contributed by atoms with E-state index in [2.05, 4.69) is 10.2 Å². The first-order valence-electron chi connectivity index (χ1n) is 7.44. The fourth-order valence-corrected chi connectivity index (χ4v) is 3.04. The predicted octanol–water partition coefficient (Wildman–Crippen LogP) is 2.46. The number of rotatable bonds is 6. The van der Waals surface area contributed by atoms with Crippen LogP contribution < -0.4 is 11.1 Å². The Morgan fingerprint density at radius 1 is 1.33 bits per heavy atom. The van der Waals surface area contributed by atoms with Gasteiger partial charge in [-0.3, -0.25) is 9.69 Å². The molecule has 114 valence electrons. The summed E-state index contributed by atoms with van der Waals surface area (Å²) in [5.74, 6) is -0.00699. The lowest BCUT2D eigenvalue weighted by molar-refractivity contribution is -0.117. The zero-order chi connectivity index (χ0) is 15.2. The van der Waals surface area contributed by atoms with Gasteiger partial charge in [-0.15, -0.1) is 0 Å². The standard InChI is InChI=1S/C16H23N3OS/c1-12-6-2-5-9-14(12)18-16(20)11-19(10-15(17)21)13-7-3-4-8-13/h2,5-6,9,13H,3-4,7-8,10-11H2,1H3,(H2,17,21)(H,18,20). The van der Waals surface area contributed by atoms with E-state index in [0.29, 0.717) is 24.1 Å². The van der Waals surface area contributed by atoms with Crippen LogP contribution in [0.25, 0.3) is 0 Å². The minimum absolute atomic E-state index is 0.00699. The maximum absolute atomic E-state index is 12.3. The minimum Gasteiger partial charge on any atom is -0.392 e. The quantitative estimate of drug-likeness (QED) is 0.793. The third-order valence-corrected chi connectivity index (χ3v) is 4.09. The smallest absolute Gasteiger partial charge is 0.238 e. The average molecular weight is 305 g/mol. The predicted molar refractivity (Wildman–Crippen MR) is 90.4 cm³/mol. The van der Waals surface area contributed by atoms with Gasteiger partial charge in [0.15, 0.2) is 0 Å². The van der Waals surface area contributed by atoms with Gasteiger partial charge < -0.3 is 11.1 Å². The second-order valence-corrected chi connectivity index (χ2v) is 6.20. The molecule has 2 rings (SSSR count). The second kappa shape index (κ2) is 7.52. The van der Waals surface area contributed by atoms with Gasteiger partial charge in [0.25, 0.3) is 0 Å². The van der Waals surface area contributed by atoms with Crippen molar-refractivity contribution in [3.05, 3.63) is 29.8 Å². The Labute approximate surface area is 131 Å². The number of para-hydroxylation sites is 1. The lowest BCUT2D eigenvalue weighted by Gasteiger charge is -2.27. The van der Waals surface area contributed by atoms with Crippen LogP contribution in [0.3, 0.4) is 0 Å². The number of carbonyl (C=O) groups excluding carboxylic acids is 1. The van der Waals surface area contributed by atoms with Crippen molar-refractivity contribution in [1.29, 1.82) is 0 Å². The molecule has 4 nitrogen and oxygen atoms in total. The number of aryl methyl sites for hydroxylation is 1. The molecule has 21 heavy (non-hydrogen) atoms. The Balaban J connectivity index is 1.97. The number of amides is 1. The summed E-state index contributed by atoms with van der Waals surface area (Å²) >= 11 is 5.01. The van der Waals surface area contributed by atoms with E-state index < -0.39 is 0 Å². The maximum atomic E-state index is 12.3. The van der Waals surface area contributed by atoms with E-state index in [-0.39, 0.29) is 5.91 Å². The van der Waals surface area contributed by atoms with Gasteiger partial charge in [0.1, 0.15) is 0 Å². The molecular weight excluding hydrogens is 282 g/mol. The maximum Gasteiger partial charge on any atom is 0.238 e. The number of nitrogens with zero attached hydrogens (tertiary/aromatic N) is 1. The number of hydrogen-bond donors (Lipinski definition) is 2. The zero-order valence-electron chi connectivity index (χ0n) is 12.5. The van der Waals surface area contributed by atoms with E-state index >= 15 is 0 Å². The Kier molecular flexibility index (Phi) is 5.70. The van der Waals surface area contributed by atoms with Gasteiger partial charge in [0.2, 0.25) is 5.91 Å². The molecule has 0 saturated heterocycles. The summed E-state index contributed by atoms with van der Waals surface area (Å²) in [5, 5.41) is 2.97. The van der Waals surface area contributed by atoms with Crippen molar-refractivity contribution in [2.75, 3.05) is 18.4 Å². The molecule has 0 aromatic heterocycles. The summed E-state index contributed by atoms with van der Waals surface area (Å²) in [4.78, 5) is 14.8. The Morgan fingerprint density at radius 3 is 2.62 bits per heavy atom. The normalized spacial score (nSPS) is 15.3. The van der Waals surface area contributed by atoms with E-state index in [1.165, 1.54) is 12.8 Å². The highest BCUT2D eigenvalue weighted by molar-refractivity contribution is 7.80. The van der Waals surface area contributed by atoms with Crippen LogP contribution in [0.2, 0.25) is 0 Å². The highest BCUT2D eigenvalue weighted by Crippen LogP contribution is 2.23. The summed E-state index contributed by atoms with van der Waals surface area (Å²) in [6.07, 6.45) is 4.69. The molecule has 1 aromatic rings. The van der Waals surface area contributed by atoms with Crippen molar-refractivity contribution >= 4 is 28.8 Å². The first kappa shape index (κ1) is 15.9.